The van der Waals surface area contributed by atoms with Crippen molar-refractivity contribution in [2.24, 2.45) is 0 Å². The van der Waals surface area contributed by atoms with Gasteiger partial charge in [0.05, 0.1) is 12.2 Å². The average molecular weight is 297 g/mol. The molecule has 21 heavy (non-hydrogen) atoms. The molecule has 3 atom stereocenters. The van der Waals surface area contributed by atoms with E-state index in [-0.39, 0.29) is 0 Å². The van der Waals surface area contributed by atoms with Crippen molar-refractivity contribution >= 4 is 0 Å². The summed E-state index contributed by atoms with van der Waals surface area (Å²) in [4.78, 5) is 5.17. The van der Waals surface area contributed by atoms with E-state index in [1.807, 2.05) is 0 Å². The summed E-state index contributed by atoms with van der Waals surface area (Å²) in [5, 5.41) is 3.50. The van der Waals surface area contributed by atoms with Gasteiger partial charge in [0, 0.05) is 31.7 Å². The smallest absolute Gasteiger partial charge is 0.0707 e. The number of likely N-dealkylation sites (N-methyl/N-ethyl adjacent to an activating group) is 1. The molecule has 0 aromatic carbocycles. The van der Waals surface area contributed by atoms with Crippen LogP contribution in [-0.2, 0) is 4.74 Å². The van der Waals surface area contributed by atoms with E-state index in [2.05, 4.69) is 42.9 Å². The Morgan fingerprint density at radius 1 is 1.19 bits per heavy atom. The minimum Gasteiger partial charge on any atom is -0.372 e. The molecule has 0 saturated carbocycles. The first kappa shape index (κ1) is 17.2. The van der Waals surface area contributed by atoms with Crippen LogP contribution in [0.15, 0.2) is 0 Å². The van der Waals surface area contributed by atoms with Gasteiger partial charge in [0.25, 0.3) is 0 Å². The monoisotopic (exact) mass is 297 g/mol. The minimum atomic E-state index is 0.423. The van der Waals surface area contributed by atoms with E-state index in [1.54, 1.807) is 0 Å². The number of rotatable bonds is 6. The van der Waals surface area contributed by atoms with Crippen molar-refractivity contribution < 1.29 is 4.74 Å². The molecule has 4 nitrogen and oxygen atoms in total. The zero-order chi connectivity index (χ0) is 15.2. The Kier molecular flexibility index (Phi) is 6.93. The fourth-order valence-electron chi connectivity index (χ4n) is 3.61. The Hall–Kier alpha value is -0.160. The second-order valence-corrected chi connectivity index (χ2v) is 7.19. The topological polar surface area (TPSA) is 27.7 Å². The Morgan fingerprint density at radius 3 is 2.67 bits per heavy atom. The lowest BCUT2D eigenvalue weighted by molar-refractivity contribution is 0.0137. The van der Waals surface area contributed by atoms with E-state index >= 15 is 0 Å². The molecular formula is C17H35N3O. The van der Waals surface area contributed by atoms with Gasteiger partial charge in [-0.2, -0.15) is 0 Å². The van der Waals surface area contributed by atoms with Crippen molar-refractivity contribution in [1.82, 2.24) is 15.1 Å². The number of nitrogens with one attached hydrogen (secondary N) is 1. The Bertz CT molecular complexity index is 298. The minimum absolute atomic E-state index is 0.423. The highest BCUT2D eigenvalue weighted by molar-refractivity contribution is 4.83. The highest BCUT2D eigenvalue weighted by Gasteiger charge is 2.30. The second kappa shape index (κ2) is 8.47. The molecule has 124 valence electrons. The van der Waals surface area contributed by atoms with Crippen LogP contribution in [0, 0.1) is 0 Å². The van der Waals surface area contributed by atoms with Crippen LogP contribution < -0.4 is 5.32 Å². The van der Waals surface area contributed by atoms with Gasteiger partial charge in [-0.25, -0.2) is 0 Å². The Balaban J connectivity index is 1.78. The third-order valence-electron chi connectivity index (χ3n) is 4.88. The largest absolute Gasteiger partial charge is 0.372 e. The summed E-state index contributed by atoms with van der Waals surface area (Å²) in [5.41, 5.74) is 0. The van der Waals surface area contributed by atoms with Gasteiger partial charge in [-0.1, -0.05) is 20.8 Å². The first-order valence-electron chi connectivity index (χ1n) is 8.90. The zero-order valence-corrected chi connectivity index (χ0v) is 14.5. The van der Waals surface area contributed by atoms with Crippen molar-refractivity contribution in [3.05, 3.63) is 0 Å². The Morgan fingerprint density at radius 2 is 1.95 bits per heavy atom. The summed E-state index contributed by atoms with van der Waals surface area (Å²) in [7, 11) is 2.26. The van der Waals surface area contributed by atoms with Gasteiger partial charge in [0.15, 0.2) is 0 Å². The molecule has 3 unspecified atom stereocenters. The molecule has 2 aliphatic heterocycles. The quantitative estimate of drug-likeness (QED) is 0.811. The SMILES string of the molecule is CCC1CN(C)CCCN1CC1CCC(CNC(C)C)O1. The molecule has 2 aliphatic rings. The van der Waals surface area contributed by atoms with Crippen LogP contribution in [0.5, 0.6) is 0 Å². The van der Waals surface area contributed by atoms with E-state index in [9.17, 15) is 0 Å². The van der Waals surface area contributed by atoms with Gasteiger partial charge in [-0.3, -0.25) is 4.90 Å². The third-order valence-corrected chi connectivity index (χ3v) is 4.88. The summed E-state index contributed by atoms with van der Waals surface area (Å²) in [5.74, 6) is 0. The van der Waals surface area contributed by atoms with Gasteiger partial charge in [0.2, 0.25) is 0 Å². The predicted octanol–water partition coefficient (Wildman–Crippen LogP) is 1.95. The molecule has 0 aromatic heterocycles. The van der Waals surface area contributed by atoms with E-state index in [1.165, 1.54) is 45.3 Å². The van der Waals surface area contributed by atoms with Crippen molar-refractivity contribution in [2.45, 2.75) is 70.7 Å². The van der Waals surface area contributed by atoms with E-state index in [4.69, 9.17) is 4.74 Å². The molecule has 4 heteroatoms. The normalized spacial score (nSPS) is 32.7. The van der Waals surface area contributed by atoms with Gasteiger partial charge in [-0.15, -0.1) is 0 Å². The molecule has 2 heterocycles. The van der Waals surface area contributed by atoms with Crippen molar-refractivity contribution in [1.29, 1.82) is 0 Å². The van der Waals surface area contributed by atoms with E-state index in [0.717, 1.165) is 13.1 Å². The summed E-state index contributed by atoms with van der Waals surface area (Å²) < 4.78 is 6.26. The average Bonchev–Trinajstić information content (AvgIpc) is 2.81. The summed E-state index contributed by atoms with van der Waals surface area (Å²) in [6.45, 7) is 12.5. The molecular weight excluding hydrogens is 262 g/mol. The fraction of sp³-hybridized carbons (Fsp3) is 1.00. The third kappa shape index (κ3) is 5.51. The van der Waals surface area contributed by atoms with Crippen molar-refractivity contribution in [3.63, 3.8) is 0 Å². The summed E-state index contributed by atoms with van der Waals surface area (Å²) in [6.07, 6.45) is 5.85. The van der Waals surface area contributed by atoms with Crippen molar-refractivity contribution in [2.75, 3.05) is 39.8 Å². The predicted molar refractivity (Wildman–Crippen MR) is 88.8 cm³/mol. The van der Waals surface area contributed by atoms with Crippen molar-refractivity contribution in [3.8, 4) is 0 Å². The van der Waals surface area contributed by atoms with Crippen LogP contribution in [0.4, 0.5) is 0 Å². The maximum atomic E-state index is 6.26. The molecule has 0 bridgehead atoms. The zero-order valence-electron chi connectivity index (χ0n) is 14.5. The van der Waals surface area contributed by atoms with Gasteiger partial charge in [-0.05, 0) is 45.8 Å². The first-order valence-corrected chi connectivity index (χ1v) is 8.90. The summed E-state index contributed by atoms with van der Waals surface area (Å²) >= 11 is 0. The van der Waals surface area contributed by atoms with Crippen LogP contribution in [-0.4, -0.2) is 73.9 Å². The van der Waals surface area contributed by atoms with E-state index in [0.29, 0.717) is 24.3 Å². The summed E-state index contributed by atoms with van der Waals surface area (Å²) in [6, 6.07) is 1.26. The molecule has 0 radical (unpaired) electrons. The van der Waals surface area contributed by atoms with E-state index < -0.39 is 0 Å². The van der Waals surface area contributed by atoms with Crippen LogP contribution in [0.2, 0.25) is 0 Å². The van der Waals surface area contributed by atoms with Gasteiger partial charge >= 0.3 is 0 Å². The molecule has 2 rings (SSSR count). The number of hydrogen-bond acceptors (Lipinski definition) is 4. The molecule has 2 saturated heterocycles. The molecule has 2 fully saturated rings. The maximum absolute atomic E-state index is 6.26. The molecule has 0 spiro atoms. The van der Waals surface area contributed by atoms with Crippen LogP contribution in [0.1, 0.15) is 46.5 Å². The lowest BCUT2D eigenvalue weighted by Gasteiger charge is -2.32. The fourth-order valence-corrected chi connectivity index (χ4v) is 3.61. The van der Waals surface area contributed by atoms with Crippen LogP contribution in [0.25, 0.3) is 0 Å². The number of hydrogen-bond donors (Lipinski definition) is 1. The second-order valence-electron chi connectivity index (χ2n) is 7.19. The molecule has 0 aliphatic carbocycles. The molecule has 0 aromatic rings. The first-order chi connectivity index (χ1) is 10.1. The molecule has 0 amide bonds. The van der Waals surface area contributed by atoms with Gasteiger partial charge < -0.3 is 15.0 Å². The highest BCUT2D eigenvalue weighted by Crippen LogP contribution is 2.22. The van der Waals surface area contributed by atoms with Gasteiger partial charge in [0.1, 0.15) is 0 Å². The van der Waals surface area contributed by atoms with Crippen LogP contribution >= 0.6 is 0 Å². The standard InChI is InChI=1S/C17H35N3O/c1-5-15-12-19(4)9-6-10-20(15)13-17-8-7-16(21-17)11-18-14(2)3/h14-18H,5-13H2,1-4H3. The lowest BCUT2D eigenvalue weighted by Crippen LogP contribution is -2.43. The molecule has 1 N–H and O–H groups in total. The lowest BCUT2D eigenvalue weighted by atomic mass is 10.1. The number of nitrogens with zero attached hydrogens (tertiary/aromatic N) is 2. The Labute approximate surface area is 131 Å². The number of ether oxygens (including phenoxy) is 1. The maximum Gasteiger partial charge on any atom is 0.0707 e. The highest BCUT2D eigenvalue weighted by atomic mass is 16.5. The van der Waals surface area contributed by atoms with Crippen LogP contribution in [0.3, 0.4) is 0 Å².